The molecule has 0 spiro atoms. The number of rotatable bonds is 8. The van der Waals surface area contributed by atoms with E-state index in [2.05, 4.69) is 5.32 Å². The first kappa shape index (κ1) is 16.8. The van der Waals surface area contributed by atoms with Gasteiger partial charge in [0.1, 0.15) is 0 Å². The van der Waals surface area contributed by atoms with E-state index in [1.54, 1.807) is 7.11 Å². The summed E-state index contributed by atoms with van der Waals surface area (Å²) in [7, 11) is 2.95. The first-order valence-electron chi connectivity index (χ1n) is 6.30. The van der Waals surface area contributed by atoms with E-state index in [0.29, 0.717) is 12.4 Å². The Morgan fingerprint density at radius 3 is 2.57 bits per heavy atom. The number of carboxylic acid groups (broad SMARTS) is 1. The van der Waals surface area contributed by atoms with E-state index >= 15 is 0 Å². The molecule has 21 heavy (non-hydrogen) atoms. The fourth-order valence-corrected chi connectivity index (χ4v) is 1.67. The zero-order valence-electron chi connectivity index (χ0n) is 12.2. The van der Waals surface area contributed by atoms with Gasteiger partial charge in [0, 0.05) is 13.2 Å². The summed E-state index contributed by atoms with van der Waals surface area (Å²) in [5.74, 6) is -0.806. The van der Waals surface area contributed by atoms with Crippen molar-refractivity contribution in [1.82, 2.24) is 5.32 Å². The lowest BCUT2D eigenvalue weighted by atomic mass is 10.2. The molecule has 0 aromatic heterocycles. The van der Waals surface area contributed by atoms with Crippen LogP contribution in [0.5, 0.6) is 11.5 Å². The first-order chi connectivity index (χ1) is 9.97. The van der Waals surface area contributed by atoms with Crippen LogP contribution in [-0.4, -0.2) is 50.5 Å². The number of benzene rings is 1. The van der Waals surface area contributed by atoms with Crippen molar-refractivity contribution in [2.24, 2.45) is 0 Å². The Morgan fingerprint density at radius 2 is 2.00 bits per heavy atom. The molecule has 0 aliphatic carbocycles. The van der Waals surface area contributed by atoms with E-state index in [-0.39, 0.29) is 29.9 Å². The van der Waals surface area contributed by atoms with E-state index in [1.807, 2.05) is 6.92 Å². The van der Waals surface area contributed by atoms with E-state index in [9.17, 15) is 9.59 Å². The van der Waals surface area contributed by atoms with Crippen LogP contribution in [0.2, 0.25) is 0 Å². The SMILES string of the molecule is COC[C@@H](C)NC(=O)COc1ccc(C(=O)O)cc1OC. The van der Waals surface area contributed by atoms with Gasteiger partial charge in [-0.05, 0) is 25.1 Å². The van der Waals surface area contributed by atoms with E-state index in [1.165, 1.54) is 25.3 Å². The van der Waals surface area contributed by atoms with E-state index < -0.39 is 5.97 Å². The molecular formula is C14H19NO6. The largest absolute Gasteiger partial charge is 0.493 e. The van der Waals surface area contributed by atoms with Gasteiger partial charge in [-0.25, -0.2) is 4.79 Å². The monoisotopic (exact) mass is 297 g/mol. The van der Waals surface area contributed by atoms with E-state index in [0.717, 1.165) is 0 Å². The van der Waals surface area contributed by atoms with Gasteiger partial charge in [-0.1, -0.05) is 0 Å². The molecular weight excluding hydrogens is 278 g/mol. The molecule has 0 fully saturated rings. The molecule has 0 bridgehead atoms. The first-order valence-corrected chi connectivity index (χ1v) is 6.30. The molecule has 2 N–H and O–H groups in total. The number of carbonyl (C=O) groups excluding carboxylic acids is 1. The number of amides is 1. The summed E-state index contributed by atoms with van der Waals surface area (Å²) in [5.41, 5.74) is 0.0809. The van der Waals surface area contributed by atoms with Crippen molar-refractivity contribution >= 4 is 11.9 Å². The number of ether oxygens (including phenoxy) is 3. The molecule has 0 radical (unpaired) electrons. The van der Waals surface area contributed by atoms with Gasteiger partial charge in [-0.3, -0.25) is 4.79 Å². The Hall–Kier alpha value is -2.28. The summed E-state index contributed by atoms with van der Waals surface area (Å²) < 4.78 is 15.3. The summed E-state index contributed by atoms with van der Waals surface area (Å²) in [5, 5.41) is 11.6. The minimum absolute atomic E-state index is 0.0809. The van der Waals surface area contributed by atoms with Crippen LogP contribution in [0, 0.1) is 0 Å². The minimum atomic E-state index is -1.06. The topological polar surface area (TPSA) is 94.1 Å². The smallest absolute Gasteiger partial charge is 0.335 e. The van der Waals surface area contributed by atoms with Crippen LogP contribution in [0.4, 0.5) is 0 Å². The predicted octanol–water partition coefficient (Wildman–Crippen LogP) is 0.923. The Balaban J connectivity index is 2.62. The molecule has 0 aliphatic heterocycles. The summed E-state index contributed by atoms with van der Waals surface area (Å²) in [6.07, 6.45) is 0. The number of methoxy groups -OCH3 is 2. The van der Waals surface area contributed by atoms with Gasteiger partial charge < -0.3 is 24.6 Å². The average molecular weight is 297 g/mol. The predicted molar refractivity (Wildman–Crippen MR) is 74.9 cm³/mol. The van der Waals surface area contributed by atoms with Crippen molar-refractivity contribution in [3.8, 4) is 11.5 Å². The summed E-state index contributed by atoms with van der Waals surface area (Å²) in [6, 6.07) is 4.05. The van der Waals surface area contributed by atoms with E-state index in [4.69, 9.17) is 19.3 Å². The van der Waals surface area contributed by atoms with Gasteiger partial charge >= 0.3 is 5.97 Å². The van der Waals surface area contributed by atoms with Crippen molar-refractivity contribution in [2.45, 2.75) is 13.0 Å². The number of carboxylic acids is 1. The quantitative estimate of drug-likeness (QED) is 0.741. The lowest BCUT2D eigenvalue weighted by Gasteiger charge is -2.14. The molecule has 116 valence electrons. The highest BCUT2D eigenvalue weighted by Crippen LogP contribution is 2.27. The Labute approximate surface area is 122 Å². The van der Waals surface area contributed by atoms with Crippen LogP contribution in [0.3, 0.4) is 0 Å². The number of nitrogens with one attached hydrogen (secondary N) is 1. The summed E-state index contributed by atoms with van der Waals surface area (Å²) >= 11 is 0. The zero-order chi connectivity index (χ0) is 15.8. The van der Waals surface area contributed by atoms with Gasteiger partial charge in [-0.2, -0.15) is 0 Å². The molecule has 1 atom stereocenters. The molecule has 0 saturated carbocycles. The van der Waals surface area contributed by atoms with Gasteiger partial charge in [-0.15, -0.1) is 0 Å². The maximum Gasteiger partial charge on any atom is 0.335 e. The van der Waals surface area contributed by atoms with Crippen molar-refractivity contribution < 1.29 is 28.9 Å². The summed E-state index contributed by atoms with van der Waals surface area (Å²) in [4.78, 5) is 22.5. The van der Waals surface area contributed by atoms with Crippen molar-refractivity contribution in [1.29, 1.82) is 0 Å². The third-order valence-corrected chi connectivity index (χ3v) is 2.59. The van der Waals surface area contributed by atoms with Crippen LogP contribution < -0.4 is 14.8 Å². The lowest BCUT2D eigenvalue weighted by molar-refractivity contribution is -0.124. The average Bonchev–Trinajstić information content (AvgIpc) is 2.44. The highest BCUT2D eigenvalue weighted by Gasteiger charge is 2.12. The second kappa shape index (κ2) is 8.11. The molecule has 0 saturated heterocycles. The maximum absolute atomic E-state index is 11.6. The van der Waals surface area contributed by atoms with Crippen molar-refractivity contribution in [2.75, 3.05) is 27.4 Å². The second-order valence-electron chi connectivity index (χ2n) is 4.38. The highest BCUT2D eigenvalue weighted by atomic mass is 16.5. The number of hydrogen-bond acceptors (Lipinski definition) is 5. The fraction of sp³-hybridized carbons (Fsp3) is 0.429. The van der Waals surface area contributed by atoms with Crippen molar-refractivity contribution in [3.05, 3.63) is 23.8 Å². The Kier molecular flexibility index (Phi) is 6.48. The minimum Gasteiger partial charge on any atom is -0.493 e. The van der Waals surface area contributed by atoms with Crippen LogP contribution in [0.15, 0.2) is 18.2 Å². The molecule has 0 aliphatic rings. The standard InChI is InChI=1S/C14H19NO6/c1-9(7-19-2)15-13(16)8-21-11-5-4-10(14(17)18)6-12(11)20-3/h4-6,9H,7-8H2,1-3H3,(H,15,16)(H,17,18)/t9-/m1/s1. The van der Waals surface area contributed by atoms with Gasteiger partial charge in [0.25, 0.3) is 5.91 Å². The van der Waals surface area contributed by atoms with Gasteiger partial charge in [0.15, 0.2) is 18.1 Å². The molecule has 0 unspecified atom stereocenters. The van der Waals surface area contributed by atoms with Crippen LogP contribution in [0.25, 0.3) is 0 Å². The zero-order valence-corrected chi connectivity index (χ0v) is 12.2. The molecule has 0 heterocycles. The Morgan fingerprint density at radius 1 is 1.29 bits per heavy atom. The Bertz CT molecular complexity index is 502. The van der Waals surface area contributed by atoms with Crippen LogP contribution in [0.1, 0.15) is 17.3 Å². The number of aromatic carboxylic acids is 1. The summed E-state index contributed by atoms with van der Waals surface area (Å²) in [6.45, 7) is 2.02. The van der Waals surface area contributed by atoms with Crippen LogP contribution in [-0.2, 0) is 9.53 Å². The van der Waals surface area contributed by atoms with Gasteiger partial charge in [0.05, 0.1) is 19.3 Å². The van der Waals surface area contributed by atoms with Crippen LogP contribution >= 0.6 is 0 Å². The third-order valence-electron chi connectivity index (χ3n) is 2.59. The molecule has 1 rings (SSSR count). The molecule has 1 aromatic carbocycles. The number of hydrogen-bond donors (Lipinski definition) is 2. The molecule has 1 amide bonds. The third kappa shape index (κ3) is 5.31. The second-order valence-corrected chi connectivity index (χ2v) is 4.38. The fourth-order valence-electron chi connectivity index (χ4n) is 1.67. The molecule has 7 heteroatoms. The molecule has 1 aromatic rings. The molecule has 7 nitrogen and oxygen atoms in total. The van der Waals surface area contributed by atoms with Gasteiger partial charge in [0.2, 0.25) is 0 Å². The number of carbonyl (C=O) groups is 2. The highest BCUT2D eigenvalue weighted by molar-refractivity contribution is 5.88. The normalized spacial score (nSPS) is 11.6. The van der Waals surface area contributed by atoms with Crippen molar-refractivity contribution in [3.63, 3.8) is 0 Å². The lowest BCUT2D eigenvalue weighted by Crippen LogP contribution is -2.38. The maximum atomic E-state index is 11.6.